The van der Waals surface area contributed by atoms with Gasteiger partial charge in [-0.25, -0.2) is 0 Å². The van der Waals surface area contributed by atoms with Crippen LogP contribution in [0.1, 0.15) is 34.3 Å². The van der Waals surface area contributed by atoms with Crippen LogP contribution < -0.4 is 10.1 Å². The number of anilines is 1. The Balaban J connectivity index is 1.49. The number of carbonyl (C=O) groups is 3. The van der Waals surface area contributed by atoms with E-state index in [1.54, 1.807) is 31.4 Å². The van der Waals surface area contributed by atoms with E-state index in [1.807, 2.05) is 24.3 Å². The van der Waals surface area contributed by atoms with Gasteiger partial charge < -0.3 is 15.2 Å². The number of benzene rings is 3. The van der Waals surface area contributed by atoms with Crippen LogP contribution in [0.4, 0.5) is 5.69 Å². The normalized spacial score (nSPS) is 10.4. The van der Waals surface area contributed by atoms with Crippen LogP contribution in [-0.4, -0.2) is 29.7 Å². The van der Waals surface area contributed by atoms with Crippen molar-refractivity contribution in [1.29, 1.82) is 0 Å². The minimum absolute atomic E-state index is 0.0864. The van der Waals surface area contributed by atoms with Gasteiger partial charge in [-0.1, -0.05) is 12.1 Å². The first-order chi connectivity index (χ1) is 15.0. The van der Waals surface area contributed by atoms with E-state index in [0.29, 0.717) is 29.7 Å². The molecule has 0 fully saturated rings. The zero-order valence-electron chi connectivity index (χ0n) is 17.1. The summed E-state index contributed by atoms with van der Waals surface area (Å²) < 4.78 is 5.11. The van der Waals surface area contributed by atoms with Crippen molar-refractivity contribution in [3.63, 3.8) is 0 Å². The monoisotopic (exact) mass is 417 g/mol. The molecule has 0 aromatic heterocycles. The first-order valence-electron chi connectivity index (χ1n) is 9.87. The molecule has 0 aliphatic rings. The van der Waals surface area contributed by atoms with Gasteiger partial charge in [0.05, 0.1) is 7.11 Å². The molecule has 3 aromatic rings. The molecule has 0 heterocycles. The molecule has 3 rings (SSSR count). The van der Waals surface area contributed by atoms with Crippen molar-refractivity contribution in [2.24, 2.45) is 0 Å². The number of nitrogens with one attached hydrogen (secondary N) is 1. The van der Waals surface area contributed by atoms with E-state index in [-0.39, 0.29) is 18.0 Å². The fourth-order valence-electron chi connectivity index (χ4n) is 3.04. The third kappa shape index (κ3) is 6.02. The van der Waals surface area contributed by atoms with Gasteiger partial charge in [0.15, 0.2) is 5.78 Å². The van der Waals surface area contributed by atoms with Crippen molar-refractivity contribution in [3.05, 3.63) is 89.5 Å². The maximum Gasteiger partial charge on any atom is 0.291 e. The minimum Gasteiger partial charge on any atom is -0.508 e. The number of carbonyl (C=O) groups excluding carboxylic acids is 3. The lowest BCUT2D eigenvalue weighted by Gasteiger charge is -2.07. The van der Waals surface area contributed by atoms with E-state index in [2.05, 4.69) is 5.32 Å². The van der Waals surface area contributed by atoms with Crippen molar-refractivity contribution in [3.8, 4) is 11.5 Å². The van der Waals surface area contributed by atoms with Crippen molar-refractivity contribution >= 4 is 23.2 Å². The summed E-state index contributed by atoms with van der Waals surface area (Å²) in [4.78, 5) is 36.7. The lowest BCUT2D eigenvalue weighted by atomic mass is 10.0. The molecule has 6 nitrogen and oxygen atoms in total. The van der Waals surface area contributed by atoms with Crippen LogP contribution in [0.5, 0.6) is 11.5 Å². The lowest BCUT2D eigenvalue weighted by Crippen LogP contribution is -2.22. The Labute approximate surface area is 180 Å². The maximum absolute atomic E-state index is 12.4. The molecule has 0 aliphatic heterocycles. The van der Waals surface area contributed by atoms with E-state index in [1.165, 1.54) is 24.3 Å². The van der Waals surface area contributed by atoms with Crippen LogP contribution in [0.3, 0.4) is 0 Å². The number of amides is 1. The van der Waals surface area contributed by atoms with Crippen molar-refractivity contribution in [1.82, 2.24) is 0 Å². The molecular formula is C25H23NO5. The van der Waals surface area contributed by atoms with Crippen molar-refractivity contribution < 1.29 is 24.2 Å². The topological polar surface area (TPSA) is 92.7 Å². The first-order valence-corrected chi connectivity index (χ1v) is 9.87. The molecule has 31 heavy (non-hydrogen) atoms. The number of aryl methyl sites for hydroxylation is 1. The molecule has 0 aliphatic carbocycles. The highest BCUT2D eigenvalue weighted by Gasteiger charge is 2.14. The molecule has 6 heteroatoms. The summed E-state index contributed by atoms with van der Waals surface area (Å²) in [5, 5.41) is 11.9. The Hall–Kier alpha value is -3.93. The Morgan fingerprint density at radius 1 is 0.839 bits per heavy atom. The number of hydrogen-bond acceptors (Lipinski definition) is 5. The molecule has 0 saturated heterocycles. The second-order valence-corrected chi connectivity index (χ2v) is 7.03. The van der Waals surface area contributed by atoms with Gasteiger partial charge in [-0.2, -0.15) is 0 Å². The van der Waals surface area contributed by atoms with Crippen molar-refractivity contribution in [2.75, 3.05) is 12.4 Å². The van der Waals surface area contributed by atoms with Gasteiger partial charge in [-0.15, -0.1) is 0 Å². The Bertz CT molecular complexity index is 1050. The van der Waals surface area contributed by atoms with Gasteiger partial charge in [-0.3, -0.25) is 14.4 Å². The SMILES string of the molecule is COc1ccc(CCCC(=O)C(=O)Nc2ccc(C(=O)c3ccc(O)cc3)cc2)cc1. The second-order valence-electron chi connectivity index (χ2n) is 7.03. The van der Waals surface area contributed by atoms with E-state index in [0.717, 1.165) is 11.3 Å². The number of hydrogen-bond donors (Lipinski definition) is 2. The molecular weight excluding hydrogens is 394 g/mol. The molecule has 2 N–H and O–H groups in total. The summed E-state index contributed by atoms with van der Waals surface area (Å²) in [5.74, 6) is -0.504. The van der Waals surface area contributed by atoms with Gasteiger partial charge in [0.2, 0.25) is 5.78 Å². The fourth-order valence-corrected chi connectivity index (χ4v) is 3.04. The molecule has 0 atom stereocenters. The summed E-state index contributed by atoms with van der Waals surface area (Å²) >= 11 is 0. The lowest BCUT2D eigenvalue weighted by molar-refractivity contribution is -0.134. The van der Waals surface area contributed by atoms with E-state index < -0.39 is 11.7 Å². The van der Waals surface area contributed by atoms with E-state index in [4.69, 9.17) is 4.74 Å². The smallest absolute Gasteiger partial charge is 0.291 e. The van der Waals surface area contributed by atoms with Gasteiger partial charge in [-0.05, 0) is 79.1 Å². The van der Waals surface area contributed by atoms with Crippen LogP contribution in [0.25, 0.3) is 0 Å². The quantitative estimate of drug-likeness (QED) is 0.403. The molecule has 0 radical (unpaired) electrons. The van der Waals surface area contributed by atoms with Crippen LogP contribution >= 0.6 is 0 Å². The third-order valence-electron chi connectivity index (χ3n) is 4.82. The second kappa shape index (κ2) is 10.2. The fraction of sp³-hybridized carbons (Fsp3) is 0.160. The zero-order chi connectivity index (χ0) is 22.2. The summed E-state index contributed by atoms with van der Waals surface area (Å²) in [5.41, 5.74) is 2.40. The number of ether oxygens (including phenoxy) is 1. The maximum atomic E-state index is 12.4. The standard InChI is InChI=1S/C25H23NO5/c1-31-22-15-5-17(6-16-22)3-2-4-23(28)25(30)26-20-11-7-18(8-12-20)24(29)19-9-13-21(27)14-10-19/h5-16,27H,2-4H2,1H3,(H,26,30). The highest BCUT2D eigenvalue weighted by Crippen LogP contribution is 2.17. The molecule has 0 unspecified atom stereocenters. The largest absolute Gasteiger partial charge is 0.508 e. The molecule has 1 amide bonds. The first kappa shape index (κ1) is 21.8. The number of Topliss-reactive ketones (excluding diaryl/α,β-unsaturated/α-hetero) is 1. The number of phenols is 1. The van der Waals surface area contributed by atoms with E-state index >= 15 is 0 Å². The van der Waals surface area contributed by atoms with Crippen molar-refractivity contribution in [2.45, 2.75) is 19.3 Å². The number of aromatic hydroxyl groups is 1. The van der Waals surface area contributed by atoms with Crippen LogP contribution in [0, 0.1) is 0 Å². The van der Waals surface area contributed by atoms with E-state index in [9.17, 15) is 19.5 Å². The summed E-state index contributed by atoms with van der Waals surface area (Å²) in [6, 6.07) is 19.9. The molecule has 0 spiro atoms. The van der Waals surface area contributed by atoms with Gasteiger partial charge in [0.25, 0.3) is 5.91 Å². The van der Waals surface area contributed by atoms with Gasteiger partial charge in [0.1, 0.15) is 11.5 Å². The summed E-state index contributed by atoms with van der Waals surface area (Å²) in [6.45, 7) is 0. The average molecular weight is 417 g/mol. The number of ketones is 2. The van der Waals surface area contributed by atoms with Crippen LogP contribution in [0.15, 0.2) is 72.8 Å². The summed E-state index contributed by atoms with van der Waals surface area (Å²) in [6.07, 6.45) is 1.41. The zero-order valence-corrected chi connectivity index (χ0v) is 17.1. The van der Waals surface area contributed by atoms with Gasteiger partial charge in [0, 0.05) is 23.2 Å². The average Bonchev–Trinajstić information content (AvgIpc) is 2.80. The number of methoxy groups -OCH3 is 1. The molecule has 3 aromatic carbocycles. The summed E-state index contributed by atoms with van der Waals surface area (Å²) in [7, 11) is 1.60. The molecule has 0 saturated carbocycles. The van der Waals surface area contributed by atoms with Gasteiger partial charge >= 0.3 is 0 Å². The highest BCUT2D eigenvalue weighted by molar-refractivity contribution is 6.40. The Morgan fingerprint density at radius 3 is 2.00 bits per heavy atom. The highest BCUT2D eigenvalue weighted by atomic mass is 16.5. The van der Waals surface area contributed by atoms with Crippen LogP contribution in [0.2, 0.25) is 0 Å². The number of phenolic OH excluding ortho intramolecular Hbond substituents is 1. The Kier molecular flexibility index (Phi) is 7.17. The Morgan fingerprint density at radius 2 is 1.42 bits per heavy atom. The third-order valence-corrected chi connectivity index (χ3v) is 4.82. The minimum atomic E-state index is -0.674. The predicted octanol–water partition coefficient (Wildman–Crippen LogP) is 4.16. The number of rotatable bonds is 9. The van der Waals surface area contributed by atoms with Crippen LogP contribution in [-0.2, 0) is 16.0 Å². The molecule has 0 bridgehead atoms. The molecule has 158 valence electrons. The predicted molar refractivity (Wildman–Crippen MR) is 118 cm³/mol.